The molecule has 0 aliphatic heterocycles. The van der Waals surface area contributed by atoms with Crippen molar-refractivity contribution in [3.8, 4) is 0 Å². The van der Waals surface area contributed by atoms with Crippen molar-refractivity contribution in [1.82, 2.24) is 0 Å². The predicted molar refractivity (Wildman–Crippen MR) is 91.0 cm³/mol. The van der Waals surface area contributed by atoms with Crippen LogP contribution in [0.1, 0.15) is 19.5 Å². The summed E-state index contributed by atoms with van der Waals surface area (Å²) in [6.45, 7) is 0. The summed E-state index contributed by atoms with van der Waals surface area (Å²) in [4.78, 5) is 0.136. The van der Waals surface area contributed by atoms with Crippen LogP contribution in [-0.4, -0.2) is 0 Å². The maximum absolute atomic E-state index is 14.1. The molecular formula is C16H8F4S3. The van der Waals surface area contributed by atoms with E-state index in [2.05, 4.69) is 0 Å². The molecule has 0 unspecified atom stereocenters. The van der Waals surface area contributed by atoms with E-state index in [0.29, 0.717) is 11.3 Å². The lowest BCUT2D eigenvalue weighted by Gasteiger charge is -1.97. The maximum Gasteiger partial charge on any atom is 0.177 e. The van der Waals surface area contributed by atoms with E-state index in [1.165, 1.54) is 24.3 Å². The molecule has 7 heteroatoms. The minimum absolute atomic E-state index is 0.0833. The number of halogens is 4. The van der Waals surface area contributed by atoms with E-state index in [4.69, 9.17) is 0 Å². The Kier molecular flexibility index (Phi) is 4.79. The molecule has 0 amide bonds. The average molecular weight is 372 g/mol. The third-order valence-electron chi connectivity index (χ3n) is 2.90. The second kappa shape index (κ2) is 6.82. The SMILES string of the molecule is F/C(=C(/F)c1ccc(/C(F)=C(\F)c2cccs2)s1)c1cccs1. The van der Waals surface area contributed by atoms with Crippen LogP contribution in [0.5, 0.6) is 0 Å². The summed E-state index contributed by atoms with van der Waals surface area (Å²) in [5.41, 5.74) is 0. The van der Waals surface area contributed by atoms with Crippen LogP contribution in [0, 0.1) is 0 Å². The molecule has 0 atom stereocenters. The highest BCUT2D eigenvalue weighted by Gasteiger charge is 2.18. The van der Waals surface area contributed by atoms with Crippen LogP contribution in [0.3, 0.4) is 0 Å². The van der Waals surface area contributed by atoms with Gasteiger partial charge in [0.1, 0.15) is 0 Å². The summed E-state index contributed by atoms with van der Waals surface area (Å²) in [7, 11) is 0. The molecule has 0 bridgehead atoms. The molecule has 0 radical (unpaired) electrons. The molecule has 0 spiro atoms. The normalized spacial score (nSPS) is 13.7. The second-order valence-corrected chi connectivity index (χ2v) is 7.35. The van der Waals surface area contributed by atoms with Crippen LogP contribution in [0.4, 0.5) is 17.6 Å². The van der Waals surface area contributed by atoms with Crippen LogP contribution in [0.25, 0.3) is 23.3 Å². The highest BCUT2D eigenvalue weighted by Crippen LogP contribution is 2.39. The lowest BCUT2D eigenvalue weighted by atomic mass is 10.3. The Morgan fingerprint density at radius 2 is 0.957 bits per heavy atom. The zero-order valence-corrected chi connectivity index (χ0v) is 13.8. The Morgan fingerprint density at radius 3 is 1.30 bits per heavy atom. The zero-order chi connectivity index (χ0) is 16.4. The molecule has 3 rings (SSSR count). The average Bonchev–Trinajstić information content (AvgIpc) is 3.33. The monoisotopic (exact) mass is 372 g/mol. The van der Waals surface area contributed by atoms with Crippen molar-refractivity contribution in [2.24, 2.45) is 0 Å². The van der Waals surface area contributed by atoms with Gasteiger partial charge in [-0.15, -0.1) is 34.0 Å². The van der Waals surface area contributed by atoms with Gasteiger partial charge in [-0.25, -0.2) is 17.6 Å². The van der Waals surface area contributed by atoms with Crippen LogP contribution in [0.15, 0.2) is 47.2 Å². The summed E-state index contributed by atoms with van der Waals surface area (Å²) in [6, 6.07) is 8.58. The molecule has 3 aromatic rings. The van der Waals surface area contributed by atoms with Gasteiger partial charge >= 0.3 is 0 Å². The molecule has 23 heavy (non-hydrogen) atoms. The molecule has 0 saturated carbocycles. The Hall–Kier alpha value is -1.70. The van der Waals surface area contributed by atoms with Crippen molar-refractivity contribution in [3.63, 3.8) is 0 Å². The quantitative estimate of drug-likeness (QED) is 0.419. The number of thiophene rings is 3. The van der Waals surface area contributed by atoms with Gasteiger partial charge in [-0.1, -0.05) is 12.1 Å². The van der Waals surface area contributed by atoms with Crippen molar-refractivity contribution >= 4 is 57.3 Å². The molecular weight excluding hydrogens is 364 g/mol. The summed E-state index contributed by atoms with van der Waals surface area (Å²) >= 11 is 2.78. The van der Waals surface area contributed by atoms with E-state index >= 15 is 0 Å². The van der Waals surface area contributed by atoms with Crippen molar-refractivity contribution in [2.45, 2.75) is 0 Å². The minimum Gasteiger partial charge on any atom is -0.202 e. The van der Waals surface area contributed by atoms with E-state index in [9.17, 15) is 17.6 Å². The topological polar surface area (TPSA) is 0 Å². The first-order valence-electron chi connectivity index (χ1n) is 6.37. The molecule has 3 heterocycles. The van der Waals surface area contributed by atoms with Gasteiger partial charge in [0.15, 0.2) is 23.3 Å². The zero-order valence-electron chi connectivity index (χ0n) is 11.4. The smallest absolute Gasteiger partial charge is 0.177 e. The summed E-state index contributed by atoms with van der Waals surface area (Å²) in [5, 5.41) is 3.25. The van der Waals surface area contributed by atoms with Gasteiger partial charge < -0.3 is 0 Å². The molecule has 0 aromatic carbocycles. The molecule has 0 nitrogen and oxygen atoms in total. The highest BCUT2D eigenvalue weighted by molar-refractivity contribution is 7.14. The number of rotatable bonds is 4. The molecule has 118 valence electrons. The van der Waals surface area contributed by atoms with Gasteiger partial charge in [-0.05, 0) is 35.0 Å². The van der Waals surface area contributed by atoms with Crippen molar-refractivity contribution in [3.05, 3.63) is 66.7 Å². The molecule has 0 aliphatic rings. The Balaban J connectivity index is 1.95. The second-order valence-electron chi connectivity index (χ2n) is 4.37. The first kappa shape index (κ1) is 16.2. The molecule has 3 aromatic heterocycles. The van der Waals surface area contributed by atoms with E-state index in [1.54, 1.807) is 22.9 Å². The summed E-state index contributed by atoms with van der Waals surface area (Å²) < 4.78 is 56.2. The fourth-order valence-electron chi connectivity index (χ4n) is 1.81. The summed E-state index contributed by atoms with van der Waals surface area (Å²) in [5.74, 6) is -4.16. The Morgan fingerprint density at radius 1 is 0.565 bits per heavy atom. The highest BCUT2D eigenvalue weighted by atomic mass is 32.1. The van der Waals surface area contributed by atoms with E-state index < -0.39 is 23.3 Å². The first-order valence-corrected chi connectivity index (χ1v) is 8.94. The summed E-state index contributed by atoms with van der Waals surface area (Å²) in [6.07, 6.45) is 0. The standard InChI is InChI=1S/C16H8F4S3/c17-13(9-3-1-7-21-9)15(19)11-5-6-12(23-11)16(20)14(18)10-4-2-8-22-10/h1-8H/b15-13+,16-14+. The maximum atomic E-state index is 14.1. The minimum atomic E-state index is -1.08. The van der Waals surface area contributed by atoms with Gasteiger partial charge in [0.2, 0.25) is 0 Å². The first-order chi connectivity index (χ1) is 11.1. The van der Waals surface area contributed by atoms with Gasteiger partial charge in [-0.3, -0.25) is 0 Å². The van der Waals surface area contributed by atoms with Gasteiger partial charge in [0.05, 0.1) is 19.5 Å². The van der Waals surface area contributed by atoms with Crippen LogP contribution >= 0.6 is 34.0 Å². The van der Waals surface area contributed by atoms with Gasteiger partial charge in [0.25, 0.3) is 0 Å². The van der Waals surface area contributed by atoms with Crippen LogP contribution < -0.4 is 0 Å². The van der Waals surface area contributed by atoms with Crippen molar-refractivity contribution in [2.75, 3.05) is 0 Å². The number of hydrogen-bond acceptors (Lipinski definition) is 3. The van der Waals surface area contributed by atoms with E-state index in [-0.39, 0.29) is 19.5 Å². The molecule has 0 N–H and O–H groups in total. The molecule has 0 aliphatic carbocycles. The van der Waals surface area contributed by atoms with E-state index in [1.807, 2.05) is 0 Å². The lowest BCUT2D eigenvalue weighted by Crippen LogP contribution is -1.77. The Labute approximate surface area is 141 Å². The molecule has 0 fully saturated rings. The van der Waals surface area contributed by atoms with Crippen molar-refractivity contribution in [1.29, 1.82) is 0 Å². The fraction of sp³-hybridized carbons (Fsp3) is 0. The van der Waals surface area contributed by atoms with Gasteiger partial charge in [0, 0.05) is 0 Å². The van der Waals surface area contributed by atoms with Crippen molar-refractivity contribution < 1.29 is 17.6 Å². The van der Waals surface area contributed by atoms with E-state index in [0.717, 1.165) is 22.7 Å². The van der Waals surface area contributed by atoms with Crippen LogP contribution in [-0.2, 0) is 0 Å². The predicted octanol–water partition coefficient (Wildman–Crippen LogP) is 7.40. The largest absolute Gasteiger partial charge is 0.202 e. The van der Waals surface area contributed by atoms with Crippen LogP contribution in [0.2, 0.25) is 0 Å². The fourth-order valence-corrected chi connectivity index (χ4v) is 3.99. The van der Waals surface area contributed by atoms with Gasteiger partial charge in [-0.2, -0.15) is 0 Å². The third-order valence-corrected chi connectivity index (χ3v) is 5.69. The Bertz CT molecular complexity index is 784. The number of hydrogen-bond donors (Lipinski definition) is 0. The lowest BCUT2D eigenvalue weighted by molar-refractivity contribution is 0.704. The molecule has 0 saturated heterocycles. The third kappa shape index (κ3) is 3.31.